The van der Waals surface area contributed by atoms with Gasteiger partial charge in [0.25, 0.3) is 0 Å². The lowest BCUT2D eigenvalue weighted by atomic mass is 10.2. The first kappa shape index (κ1) is 17.9. The Balaban J connectivity index is 0.00000220. The van der Waals surface area contributed by atoms with Crippen LogP contribution in [0.2, 0.25) is 0 Å². The molecule has 1 unspecified atom stereocenters. The predicted molar refractivity (Wildman–Crippen MR) is 79.3 cm³/mol. The van der Waals surface area contributed by atoms with Crippen LogP contribution in [0, 0.1) is 0 Å². The van der Waals surface area contributed by atoms with Crippen LogP contribution in [-0.2, 0) is 16.0 Å². The van der Waals surface area contributed by atoms with E-state index in [0.717, 1.165) is 19.6 Å². The van der Waals surface area contributed by atoms with Crippen LogP contribution in [0.4, 0.5) is 0 Å². The minimum absolute atomic E-state index is 0. The van der Waals surface area contributed by atoms with E-state index < -0.39 is 0 Å². The van der Waals surface area contributed by atoms with Crippen molar-refractivity contribution in [1.29, 1.82) is 0 Å². The summed E-state index contributed by atoms with van der Waals surface area (Å²) in [5.41, 5.74) is 0. The maximum absolute atomic E-state index is 12.2. The summed E-state index contributed by atoms with van der Waals surface area (Å²) >= 11 is 0. The van der Waals surface area contributed by atoms with Gasteiger partial charge in [-0.05, 0) is 13.8 Å². The third-order valence-electron chi connectivity index (χ3n) is 3.58. The lowest BCUT2D eigenvalue weighted by molar-refractivity contribution is -0.134. The lowest BCUT2D eigenvalue weighted by Gasteiger charge is -2.34. The van der Waals surface area contributed by atoms with E-state index in [4.69, 9.17) is 9.26 Å². The van der Waals surface area contributed by atoms with Crippen LogP contribution in [0.15, 0.2) is 4.52 Å². The molecule has 1 N–H and O–H groups in total. The normalized spacial score (nSPS) is 20.0. The molecule has 0 aromatic carbocycles. The Morgan fingerprint density at radius 2 is 2.38 bits per heavy atom. The van der Waals surface area contributed by atoms with Crippen molar-refractivity contribution in [3.05, 3.63) is 11.7 Å². The average molecular weight is 319 g/mol. The van der Waals surface area contributed by atoms with Crippen LogP contribution in [-0.4, -0.2) is 53.7 Å². The zero-order valence-electron chi connectivity index (χ0n) is 12.7. The van der Waals surface area contributed by atoms with Crippen LogP contribution in [0.1, 0.15) is 38.1 Å². The molecule has 1 amide bonds. The van der Waals surface area contributed by atoms with Gasteiger partial charge in [-0.3, -0.25) is 4.79 Å². The average Bonchev–Trinajstić information content (AvgIpc) is 2.93. The van der Waals surface area contributed by atoms with Gasteiger partial charge >= 0.3 is 0 Å². The molecule has 2 rings (SSSR count). The Labute approximate surface area is 130 Å². The standard InChI is InChI=1S/C13H22N4O3.ClH/c1-9-8-14-6-7-17(9)12(18)5-4-11-15-13(16-20-11)10(2)19-3;/h9-10,14H,4-8H2,1-3H3;1H/t9-,10?;/m0./s1. The smallest absolute Gasteiger partial charge is 0.227 e. The predicted octanol–water partition coefficient (Wildman–Crippen LogP) is 0.952. The number of aryl methyl sites for hydroxylation is 1. The van der Waals surface area contributed by atoms with Gasteiger partial charge < -0.3 is 19.5 Å². The van der Waals surface area contributed by atoms with Gasteiger partial charge in [0.2, 0.25) is 11.8 Å². The number of halogens is 1. The van der Waals surface area contributed by atoms with E-state index in [1.165, 1.54) is 0 Å². The molecule has 1 aliphatic heterocycles. The zero-order chi connectivity index (χ0) is 14.5. The molecule has 21 heavy (non-hydrogen) atoms. The number of methoxy groups -OCH3 is 1. The molecule has 0 spiro atoms. The number of aromatic nitrogens is 2. The summed E-state index contributed by atoms with van der Waals surface area (Å²) in [4.78, 5) is 18.3. The third-order valence-corrected chi connectivity index (χ3v) is 3.58. The minimum Gasteiger partial charge on any atom is -0.374 e. The van der Waals surface area contributed by atoms with Gasteiger partial charge in [-0.2, -0.15) is 4.98 Å². The van der Waals surface area contributed by atoms with Crippen molar-refractivity contribution in [2.24, 2.45) is 0 Å². The number of carbonyl (C=O) groups is 1. The summed E-state index contributed by atoms with van der Waals surface area (Å²) in [6, 6.07) is 0.239. The maximum atomic E-state index is 12.2. The number of ether oxygens (including phenoxy) is 1. The molecular formula is C13H23ClN4O3. The van der Waals surface area contributed by atoms with Gasteiger partial charge in [-0.15, -0.1) is 12.4 Å². The maximum Gasteiger partial charge on any atom is 0.227 e. The fourth-order valence-electron chi connectivity index (χ4n) is 2.21. The molecule has 1 saturated heterocycles. The second kappa shape index (κ2) is 8.31. The molecule has 0 aliphatic carbocycles. The Morgan fingerprint density at radius 3 is 3.05 bits per heavy atom. The highest BCUT2D eigenvalue weighted by Gasteiger charge is 2.23. The molecule has 2 heterocycles. The highest BCUT2D eigenvalue weighted by atomic mass is 35.5. The quantitative estimate of drug-likeness (QED) is 0.870. The first-order valence-electron chi connectivity index (χ1n) is 6.97. The molecule has 0 bridgehead atoms. The molecule has 0 saturated carbocycles. The number of amides is 1. The Hall–Kier alpha value is -1.18. The lowest BCUT2D eigenvalue weighted by Crippen LogP contribution is -2.52. The van der Waals surface area contributed by atoms with Crippen molar-refractivity contribution in [2.45, 2.75) is 38.8 Å². The third kappa shape index (κ3) is 4.66. The SMILES string of the molecule is COC(C)c1noc(CCC(=O)N2CCNC[C@@H]2C)n1.Cl. The number of rotatable bonds is 5. The topological polar surface area (TPSA) is 80.5 Å². The summed E-state index contributed by atoms with van der Waals surface area (Å²) < 4.78 is 10.2. The van der Waals surface area contributed by atoms with E-state index in [2.05, 4.69) is 22.4 Å². The zero-order valence-corrected chi connectivity index (χ0v) is 13.5. The van der Waals surface area contributed by atoms with Crippen molar-refractivity contribution in [2.75, 3.05) is 26.7 Å². The van der Waals surface area contributed by atoms with Gasteiger partial charge in [0.05, 0.1) is 0 Å². The number of hydrogen-bond donors (Lipinski definition) is 1. The summed E-state index contributed by atoms with van der Waals surface area (Å²) in [7, 11) is 1.59. The van der Waals surface area contributed by atoms with Gasteiger partial charge in [0.1, 0.15) is 6.10 Å². The molecule has 0 radical (unpaired) electrons. The van der Waals surface area contributed by atoms with Crippen molar-refractivity contribution in [3.8, 4) is 0 Å². The van der Waals surface area contributed by atoms with Gasteiger partial charge in [0, 0.05) is 45.6 Å². The van der Waals surface area contributed by atoms with Crippen LogP contribution in [0.25, 0.3) is 0 Å². The summed E-state index contributed by atoms with van der Waals surface area (Å²) in [6.07, 6.45) is 0.670. The van der Waals surface area contributed by atoms with Crippen LogP contribution in [0.5, 0.6) is 0 Å². The van der Waals surface area contributed by atoms with Gasteiger partial charge in [-0.1, -0.05) is 5.16 Å². The molecule has 8 heteroatoms. The molecule has 2 atom stereocenters. The minimum atomic E-state index is -0.198. The van der Waals surface area contributed by atoms with E-state index in [1.54, 1.807) is 7.11 Å². The van der Waals surface area contributed by atoms with E-state index in [9.17, 15) is 4.79 Å². The Bertz CT molecular complexity index is 454. The van der Waals surface area contributed by atoms with E-state index in [1.807, 2.05) is 11.8 Å². The first-order valence-corrected chi connectivity index (χ1v) is 6.97. The number of piperazine rings is 1. The molecule has 1 fully saturated rings. The summed E-state index contributed by atoms with van der Waals surface area (Å²) in [5, 5.41) is 7.11. The monoisotopic (exact) mass is 318 g/mol. The number of carbonyl (C=O) groups excluding carboxylic acids is 1. The van der Waals surface area contributed by atoms with E-state index in [-0.39, 0.29) is 30.5 Å². The summed E-state index contributed by atoms with van der Waals surface area (Å²) in [6.45, 7) is 6.36. The second-order valence-corrected chi connectivity index (χ2v) is 5.06. The number of hydrogen-bond acceptors (Lipinski definition) is 6. The molecule has 1 aromatic heterocycles. The van der Waals surface area contributed by atoms with Gasteiger partial charge in [-0.25, -0.2) is 0 Å². The molecule has 1 aromatic rings. The molecular weight excluding hydrogens is 296 g/mol. The summed E-state index contributed by atoms with van der Waals surface area (Å²) in [5.74, 6) is 1.14. The molecule has 7 nitrogen and oxygen atoms in total. The van der Waals surface area contributed by atoms with Crippen LogP contribution < -0.4 is 5.32 Å². The Morgan fingerprint density at radius 1 is 1.62 bits per heavy atom. The van der Waals surface area contributed by atoms with Crippen molar-refractivity contribution in [1.82, 2.24) is 20.4 Å². The first-order chi connectivity index (χ1) is 9.61. The largest absolute Gasteiger partial charge is 0.374 e. The van der Waals surface area contributed by atoms with Crippen LogP contribution >= 0.6 is 12.4 Å². The Kier molecular flexibility index (Phi) is 7.07. The fourth-order valence-corrected chi connectivity index (χ4v) is 2.21. The van der Waals surface area contributed by atoms with Crippen molar-refractivity contribution >= 4 is 18.3 Å². The second-order valence-electron chi connectivity index (χ2n) is 5.06. The molecule has 1 aliphatic rings. The van der Waals surface area contributed by atoms with E-state index in [0.29, 0.717) is 24.6 Å². The highest BCUT2D eigenvalue weighted by Crippen LogP contribution is 2.13. The van der Waals surface area contributed by atoms with Crippen molar-refractivity contribution < 1.29 is 14.1 Å². The molecule has 120 valence electrons. The number of nitrogens with zero attached hydrogens (tertiary/aromatic N) is 3. The van der Waals surface area contributed by atoms with Crippen LogP contribution in [0.3, 0.4) is 0 Å². The van der Waals surface area contributed by atoms with Crippen molar-refractivity contribution in [3.63, 3.8) is 0 Å². The van der Waals surface area contributed by atoms with Gasteiger partial charge in [0.15, 0.2) is 5.82 Å². The highest BCUT2D eigenvalue weighted by molar-refractivity contribution is 5.85. The van der Waals surface area contributed by atoms with E-state index >= 15 is 0 Å². The number of nitrogens with one attached hydrogen (secondary N) is 1. The fraction of sp³-hybridized carbons (Fsp3) is 0.769.